The molecular weight excluding hydrogens is 480 g/mol. The minimum Gasteiger partial charge on any atom is -0.375 e. The lowest BCUT2D eigenvalue weighted by atomic mass is 9.94. The van der Waals surface area contributed by atoms with E-state index in [1.54, 1.807) is 0 Å². The number of ether oxygens (including phenoxy) is 1. The van der Waals surface area contributed by atoms with Crippen LogP contribution in [0.2, 0.25) is 0 Å². The molecule has 0 aliphatic carbocycles. The molecule has 0 saturated heterocycles. The first-order valence-electron chi connectivity index (χ1n) is 12.5. The van der Waals surface area contributed by atoms with E-state index in [9.17, 15) is 8.42 Å². The van der Waals surface area contributed by atoms with Crippen molar-refractivity contribution in [3.05, 3.63) is 143 Å². The van der Waals surface area contributed by atoms with E-state index < -0.39 is 16.1 Å². The van der Waals surface area contributed by atoms with E-state index in [1.807, 2.05) is 91.0 Å². The third-order valence-corrected chi connectivity index (χ3v) is 7.48. The summed E-state index contributed by atoms with van der Waals surface area (Å²) in [4.78, 5) is 0. The molecule has 4 aromatic rings. The summed E-state index contributed by atoms with van der Waals surface area (Å²) in [5.74, 6) is -0.0850. The average Bonchev–Trinajstić information content (AvgIpc) is 2.92. The van der Waals surface area contributed by atoms with Crippen molar-refractivity contribution in [1.82, 2.24) is 10.0 Å². The van der Waals surface area contributed by atoms with Crippen LogP contribution in [-0.4, -0.2) is 21.6 Å². The number of hydrogen-bond acceptors (Lipinski definition) is 4. The summed E-state index contributed by atoms with van der Waals surface area (Å²) < 4.78 is 35.5. The zero-order valence-electron chi connectivity index (χ0n) is 21.1. The Labute approximate surface area is 220 Å². The van der Waals surface area contributed by atoms with Crippen LogP contribution in [0, 0.1) is 6.92 Å². The molecule has 4 aromatic carbocycles. The van der Waals surface area contributed by atoms with Crippen molar-refractivity contribution in [1.29, 1.82) is 0 Å². The number of aryl methyl sites for hydroxylation is 1. The van der Waals surface area contributed by atoms with E-state index in [2.05, 4.69) is 41.2 Å². The largest absolute Gasteiger partial charge is 0.375 e. The van der Waals surface area contributed by atoms with Crippen molar-refractivity contribution in [2.75, 3.05) is 13.2 Å². The van der Waals surface area contributed by atoms with Gasteiger partial charge in [-0.3, -0.25) is 0 Å². The van der Waals surface area contributed by atoms with Crippen LogP contribution >= 0.6 is 0 Å². The second kappa shape index (κ2) is 13.3. The van der Waals surface area contributed by atoms with Gasteiger partial charge in [-0.25, -0.2) is 13.1 Å². The Morgan fingerprint density at radius 2 is 1.22 bits per heavy atom. The molecule has 192 valence electrons. The predicted molar refractivity (Wildman–Crippen MR) is 149 cm³/mol. The average molecular weight is 515 g/mol. The normalized spacial score (nSPS) is 13.2. The lowest BCUT2D eigenvalue weighted by Gasteiger charge is -2.30. The fraction of sp³-hybridized carbons (Fsp3) is 0.226. The van der Waals surface area contributed by atoms with Gasteiger partial charge in [-0.2, -0.15) is 0 Å². The molecular formula is C31H34N2O3S. The molecule has 0 bridgehead atoms. The van der Waals surface area contributed by atoms with Gasteiger partial charge in [0, 0.05) is 6.54 Å². The number of sulfonamides is 1. The molecule has 0 aromatic heterocycles. The van der Waals surface area contributed by atoms with Crippen LogP contribution in [0.25, 0.3) is 0 Å². The second-order valence-corrected chi connectivity index (χ2v) is 10.9. The van der Waals surface area contributed by atoms with Gasteiger partial charge >= 0.3 is 0 Å². The first kappa shape index (κ1) is 26.8. The van der Waals surface area contributed by atoms with Gasteiger partial charge in [0.25, 0.3) is 0 Å². The zero-order chi connectivity index (χ0) is 25.9. The molecule has 0 saturated carbocycles. The van der Waals surface area contributed by atoms with Crippen LogP contribution < -0.4 is 10.0 Å². The Balaban J connectivity index is 1.51. The fourth-order valence-corrected chi connectivity index (χ4v) is 5.64. The van der Waals surface area contributed by atoms with E-state index >= 15 is 0 Å². The monoisotopic (exact) mass is 514 g/mol. The maximum absolute atomic E-state index is 13.3. The number of benzene rings is 4. The van der Waals surface area contributed by atoms with Crippen molar-refractivity contribution in [2.24, 2.45) is 0 Å². The number of rotatable bonds is 13. The lowest BCUT2D eigenvalue weighted by molar-refractivity contribution is 0.119. The fourth-order valence-electron chi connectivity index (χ4n) is 4.27. The van der Waals surface area contributed by atoms with Gasteiger partial charge in [0.1, 0.15) is 0 Å². The topological polar surface area (TPSA) is 67.4 Å². The number of nitrogens with one attached hydrogen (secondary N) is 2. The van der Waals surface area contributed by atoms with Crippen LogP contribution in [0.4, 0.5) is 0 Å². The molecule has 2 N–H and O–H groups in total. The Bertz CT molecular complexity index is 1310. The maximum atomic E-state index is 13.3. The first-order chi connectivity index (χ1) is 18.0. The van der Waals surface area contributed by atoms with Gasteiger partial charge in [0.2, 0.25) is 10.0 Å². The molecule has 0 fully saturated rings. The molecule has 6 heteroatoms. The SMILES string of the molecule is Cc1ccc(COCCNC(c2ccccc2)C(NS(=O)(=O)Cc2ccccc2)c2ccccc2)cc1. The molecule has 2 atom stereocenters. The standard InChI is InChI=1S/C31H34N2O3S/c1-25-17-19-26(20-18-25)23-36-22-21-32-30(28-13-7-3-8-14-28)31(29-15-9-4-10-16-29)33-37(34,35)24-27-11-5-2-6-12-27/h2-20,30-33H,21-24H2,1H3. The second-order valence-electron chi connectivity index (χ2n) is 9.13. The van der Waals surface area contributed by atoms with Crippen LogP contribution in [0.3, 0.4) is 0 Å². The van der Waals surface area contributed by atoms with Crippen LogP contribution in [0.1, 0.15) is 39.9 Å². The van der Waals surface area contributed by atoms with Gasteiger partial charge in [0.15, 0.2) is 0 Å². The third kappa shape index (κ3) is 8.37. The van der Waals surface area contributed by atoms with E-state index in [0.717, 1.165) is 22.3 Å². The van der Waals surface area contributed by atoms with E-state index in [0.29, 0.717) is 19.8 Å². The van der Waals surface area contributed by atoms with Crippen molar-refractivity contribution in [3.63, 3.8) is 0 Å². The molecule has 0 radical (unpaired) electrons. The Kier molecular flexibility index (Phi) is 9.63. The molecule has 5 nitrogen and oxygen atoms in total. The highest BCUT2D eigenvalue weighted by Gasteiger charge is 2.28. The zero-order valence-corrected chi connectivity index (χ0v) is 21.9. The quantitative estimate of drug-likeness (QED) is 0.225. The lowest BCUT2D eigenvalue weighted by Crippen LogP contribution is -2.40. The summed E-state index contributed by atoms with van der Waals surface area (Å²) >= 11 is 0. The Hall–Kier alpha value is -3.29. The molecule has 37 heavy (non-hydrogen) atoms. The van der Waals surface area contributed by atoms with E-state index in [-0.39, 0.29) is 11.8 Å². The summed E-state index contributed by atoms with van der Waals surface area (Å²) in [6.45, 7) is 3.66. The highest BCUT2D eigenvalue weighted by atomic mass is 32.2. The highest BCUT2D eigenvalue weighted by Crippen LogP contribution is 2.30. The number of hydrogen-bond donors (Lipinski definition) is 2. The summed E-state index contributed by atoms with van der Waals surface area (Å²) in [7, 11) is -3.63. The summed E-state index contributed by atoms with van der Waals surface area (Å²) in [6.07, 6.45) is 0. The van der Waals surface area contributed by atoms with Gasteiger partial charge in [-0.15, -0.1) is 0 Å². The highest BCUT2D eigenvalue weighted by molar-refractivity contribution is 7.88. The van der Waals surface area contributed by atoms with Crippen molar-refractivity contribution < 1.29 is 13.2 Å². The summed E-state index contributed by atoms with van der Waals surface area (Å²) in [5.41, 5.74) is 4.98. The first-order valence-corrected chi connectivity index (χ1v) is 14.2. The molecule has 4 rings (SSSR count). The summed E-state index contributed by atoms with van der Waals surface area (Å²) in [5, 5.41) is 3.56. The van der Waals surface area contributed by atoms with Crippen molar-refractivity contribution >= 4 is 10.0 Å². The van der Waals surface area contributed by atoms with Gasteiger partial charge in [-0.05, 0) is 29.2 Å². The van der Waals surface area contributed by atoms with Crippen LogP contribution in [0.5, 0.6) is 0 Å². The molecule has 0 heterocycles. The smallest absolute Gasteiger partial charge is 0.216 e. The Morgan fingerprint density at radius 3 is 1.81 bits per heavy atom. The molecule has 2 unspecified atom stereocenters. The Morgan fingerprint density at radius 1 is 0.676 bits per heavy atom. The molecule has 0 aliphatic rings. The third-order valence-electron chi connectivity index (χ3n) is 6.16. The molecule has 0 spiro atoms. The van der Waals surface area contributed by atoms with Crippen LogP contribution in [0.15, 0.2) is 115 Å². The van der Waals surface area contributed by atoms with Gasteiger partial charge in [0.05, 0.1) is 31.1 Å². The van der Waals surface area contributed by atoms with Gasteiger partial charge in [-0.1, -0.05) is 121 Å². The molecule has 0 aliphatic heterocycles. The maximum Gasteiger partial charge on any atom is 0.216 e. The van der Waals surface area contributed by atoms with E-state index in [4.69, 9.17) is 4.74 Å². The van der Waals surface area contributed by atoms with Crippen molar-refractivity contribution in [3.8, 4) is 0 Å². The molecule has 0 amide bonds. The van der Waals surface area contributed by atoms with Gasteiger partial charge < -0.3 is 10.1 Å². The van der Waals surface area contributed by atoms with Crippen LogP contribution in [-0.2, 0) is 27.1 Å². The minimum absolute atomic E-state index is 0.0850. The van der Waals surface area contributed by atoms with E-state index in [1.165, 1.54) is 5.56 Å². The minimum atomic E-state index is -3.63. The summed E-state index contributed by atoms with van der Waals surface area (Å²) in [6, 6.07) is 36.4. The van der Waals surface area contributed by atoms with Crippen molar-refractivity contribution in [2.45, 2.75) is 31.4 Å². The predicted octanol–water partition coefficient (Wildman–Crippen LogP) is 5.70.